The molecule has 3 aliphatic heterocycles. The van der Waals surface area contributed by atoms with E-state index in [0.29, 0.717) is 6.08 Å². The van der Waals surface area contributed by atoms with Crippen LogP contribution in [0.15, 0.2) is 11.8 Å². The average Bonchev–Trinajstić information content (AvgIpc) is 2.80. The number of ether oxygens (including phenoxy) is 5. The Hall–Kier alpha value is -2.49. The van der Waals surface area contributed by atoms with Gasteiger partial charge in [0.05, 0.1) is 0 Å². The number of hydrogen-bond donors (Lipinski definition) is 10. The van der Waals surface area contributed by atoms with Crippen molar-refractivity contribution in [3.8, 4) is 0 Å². The third kappa shape index (κ3) is 5.43. The fourth-order valence-electron chi connectivity index (χ4n) is 3.69. The van der Waals surface area contributed by atoms with Crippen LogP contribution in [0.5, 0.6) is 0 Å². The molecule has 0 unspecified atom stereocenters. The molecule has 0 aromatic heterocycles. The highest BCUT2D eigenvalue weighted by atomic mass is 16.8. The van der Waals surface area contributed by atoms with Crippen LogP contribution in [0.25, 0.3) is 0 Å². The van der Waals surface area contributed by atoms with Gasteiger partial charge in [-0.3, -0.25) is 0 Å². The summed E-state index contributed by atoms with van der Waals surface area (Å²) in [7, 11) is 0. The van der Waals surface area contributed by atoms with Gasteiger partial charge in [-0.25, -0.2) is 14.4 Å². The molecule has 36 heavy (non-hydrogen) atoms. The fourth-order valence-corrected chi connectivity index (χ4v) is 3.69. The zero-order valence-electron chi connectivity index (χ0n) is 17.8. The van der Waals surface area contributed by atoms with Crippen LogP contribution in [0.1, 0.15) is 0 Å². The minimum atomic E-state index is -2.24. The molecule has 10 N–H and O–H groups in total. The van der Waals surface area contributed by atoms with Gasteiger partial charge in [0.25, 0.3) is 0 Å². The lowest BCUT2D eigenvalue weighted by Crippen LogP contribution is -2.66. The van der Waals surface area contributed by atoms with Crippen molar-refractivity contribution in [2.75, 3.05) is 0 Å². The van der Waals surface area contributed by atoms with Gasteiger partial charge in [0.1, 0.15) is 48.8 Å². The van der Waals surface area contributed by atoms with E-state index in [-0.39, 0.29) is 0 Å². The summed E-state index contributed by atoms with van der Waals surface area (Å²) in [5.74, 6) is -6.17. The molecule has 3 aliphatic rings. The molecule has 0 amide bonds. The topological polar surface area (TPSA) is 300 Å². The largest absolute Gasteiger partial charge is 0.479 e. The Labute approximate surface area is 199 Å². The summed E-state index contributed by atoms with van der Waals surface area (Å²) in [5.41, 5.74) is 0. The Kier molecular flexibility index (Phi) is 8.48. The summed E-state index contributed by atoms with van der Waals surface area (Å²) in [6.07, 6.45) is -26.7. The summed E-state index contributed by atoms with van der Waals surface area (Å²) in [5, 5.41) is 98.1. The van der Waals surface area contributed by atoms with Crippen LogP contribution in [-0.2, 0) is 38.1 Å². The van der Waals surface area contributed by atoms with Crippen LogP contribution in [0.2, 0.25) is 0 Å². The van der Waals surface area contributed by atoms with E-state index < -0.39 is 104 Å². The normalized spacial score (nSPS) is 45.3. The molecule has 3 rings (SSSR count). The van der Waals surface area contributed by atoms with Crippen LogP contribution < -0.4 is 0 Å². The van der Waals surface area contributed by atoms with E-state index in [1.54, 1.807) is 0 Å². The van der Waals surface area contributed by atoms with Crippen molar-refractivity contribution in [1.82, 2.24) is 0 Å². The van der Waals surface area contributed by atoms with E-state index in [2.05, 4.69) is 4.74 Å². The number of aliphatic carboxylic acids is 3. The molecular weight excluding hydrogens is 504 g/mol. The number of carboxylic acids is 3. The van der Waals surface area contributed by atoms with E-state index in [1.807, 2.05) is 0 Å². The monoisotopic (exact) mass is 528 g/mol. The van der Waals surface area contributed by atoms with Crippen LogP contribution in [-0.4, -0.2) is 149 Å². The molecule has 3 heterocycles. The first-order chi connectivity index (χ1) is 16.7. The standard InChI is InChI=1S/C18H24O18/c19-2-1-3(13(25)26)32-17(4(2)20)34-10-6(22)8(24)18(36-12(10)15(29)30)35-9-5(21)7(23)16(31)33-11(9)14(27)28/h1-2,4-12,16-24,31H,(H,25,26)(H,27,28)(H,29,30)/t2-,4-,5+,6+,7-,8-,9-,10-,11-,12-,16-,17-,18+/m0/s1. The highest BCUT2D eigenvalue weighted by Gasteiger charge is 2.55. The van der Waals surface area contributed by atoms with Crippen molar-refractivity contribution in [3.63, 3.8) is 0 Å². The van der Waals surface area contributed by atoms with E-state index in [9.17, 15) is 60.3 Å². The van der Waals surface area contributed by atoms with Gasteiger partial charge in [-0.15, -0.1) is 0 Å². The smallest absolute Gasteiger partial charge is 0.371 e. The lowest BCUT2D eigenvalue weighted by atomic mass is 9.96. The lowest BCUT2D eigenvalue weighted by Gasteiger charge is -2.45. The molecule has 0 radical (unpaired) electrons. The van der Waals surface area contributed by atoms with E-state index in [4.69, 9.17) is 24.1 Å². The van der Waals surface area contributed by atoms with Crippen LogP contribution in [0.4, 0.5) is 0 Å². The predicted octanol–water partition coefficient (Wildman–Crippen LogP) is -6.14. The van der Waals surface area contributed by atoms with Gasteiger partial charge in [-0.2, -0.15) is 0 Å². The third-order valence-corrected chi connectivity index (χ3v) is 5.58. The number of rotatable bonds is 7. The second kappa shape index (κ2) is 10.9. The molecule has 0 spiro atoms. The molecule has 13 atom stereocenters. The highest BCUT2D eigenvalue weighted by Crippen LogP contribution is 2.32. The van der Waals surface area contributed by atoms with Gasteiger partial charge >= 0.3 is 17.9 Å². The van der Waals surface area contributed by atoms with Crippen molar-refractivity contribution >= 4 is 17.9 Å². The minimum Gasteiger partial charge on any atom is -0.479 e. The molecule has 2 fully saturated rings. The SMILES string of the molecule is O=C(O)C1=C[C@H](O)[C@H](O)[C@H](O[C@H]2[C@H](O)[C@H](O)[C@H](O[C@H]3[C@H](O)[C@H](O)[C@@H](O)O[C@@H]3C(=O)O)O[C@@H]2C(=O)O)O1. The van der Waals surface area contributed by atoms with Crippen LogP contribution in [0.3, 0.4) is 0 Å². The Morgan fingerprint density at radius 2 is 1.17 bits per heavy atom. The quantitative estimate of drug-likeness (QED) is 0.147. The predicted molar refractivity (Wildman–Crippen MR) is 101 cm³/mol. The molecule has 0 aliphatic carbocycles. The molecule has 0 aromatic carbocycles. The van der Waals surface area contributed by atoms with Crippen molar-refractivity contribution < 1.29 is 89.1 Å². The van der Waals surface area contributed by atoms with Gasteiger partial charge in [0, 0.05) is 0 Å². The summed E-state index contributed by atoms with van der Waals surface area (Å²) in [4.78, 5) is 34.4. The number of carboxylic acid groups (broad SMARTS) is 3. The maximum Gasteiger partial charge on any atom is 0.371 e. The molecular formula is C18H24O18. The number of carbonyl (C=O) groups is 3. The van der Waals surface area contributed by atoms with Crippen molar-refractivity contribution in [2.24, 2.45) is 0 Å². The first-order valence-electron chi connectivity index (χ1n) is 10.2. The van der Waals surface area contributed by atoms with Gasteiger partial charge in [-0.1, -0.05) is 0 Å². The van der Waals surface area contributed by atoms with E-state index in [0.717, 1.165) is 0 Å². The van der Waals surface area contributed by atoms with Gasteiger partial charge in [0.2, 0.25) is 12.0 Å². The Balaban J connectivity index is 1.81. The first kappa shape index (κ1) is 28.1. The molecule has 0 bridgehead atoms. The molecule has 18 nitrogen and oxygen atoms in total. The lowest BCUT2D eigenvalue weighted by molar-refractivity contribution is -0.358. The van der Waals surface area contributed by atoms with Crippen molar-refractivity contribution in [1.29, 1.82) is 0 Å². The number of aliphatic hydroxyl groups excluding tert-OH is 7. The van der Waals surface area contributed by atoms with Crippen LogP contribution in [0, 0.1) is 0 Å². The van der Waals surface area contributed by atoms with Crippen molar-refractivity contribution in [2.45, 2.75) is 79.9 Å². The zero-order chi connectivity index (χ0) is 27.1. The summed E-state index contributed by atoms with van der Waals surface area (Å²) in [6.45, 7) is 0. The fraction of sp³-hybridized carbons (Fsp3) is 0.722. The summed E-state index contributed by atoms with van der Waals surface area (Å²) in [6, 6.07) is 0. The summed E-state index contributed by atoms with van der Waals surface area (Å²) >= 11 is 0. The molecule has 0 aromatic rings. The Morgan fingerprint density at radius 1 is 0.667 bits per heavy atom. The average molecular weight is 528 g/mol. The second-order valence-electron chi connectivity index (χ2n) is 8.02. The first-order valence-corrected chi connectivity index (χ1v) is 10.2. The molecule has 0 saturated carbocycles. The summed E-state index contributed by atoms with van der Waals surface area (Å²) < 4.78 is 24.9. The second-order valence-corrected chi connectivity index (χ2v) is 8.02. The highest BCUT2D eigenvalue weighted by molar-refractivity contribution is 5.84. The molecule has 204 valence electrons. The minimum absolute atomic E-state index is 0.635. The Bertz CT molecular complexity index is 876. The van der Waals surface area contributed by atoms with Gasteiger partial charge in [-0.05, 0) is 6.08 Å². The van der Waals surface area contributed by atoms with Gasteiger partial charge in [0.15, 0.2) is 24.8 Å². The number of hydrogen-bond acceptors (Lipinski definition) is 15. The zero-order valence-corrected chi connectivity index (χ0v) is 17.8. The van der Waals surface area contributed by atoms with E-state index >= 15 is 0 Å². The number of aliphatic hydroxyl groups is 7. The maximum atomic E-state index is 11.8. The van der Waals surface area contributed by atoms with Gasteiger partial charge < -0.3 is 74.7 Å². The Morgan fingerprint density at radius 3 is 1.69 bits per heavy atom. The molecule has 2 saturated heterocycles. The molecule has 18 heteroatoms. The van der Waals surface area contributed by atoms with Crippen LogP contribution >= 0.6 is 0 Å². The van der Waals surface area contributed by atoms with E-state index in [1.165, 1.54) is 0 Å². The van der Waals surface area contributed by atoms with Crippen molar-refractivity contribution in [3.05, 3.63) is 11.8 Å². The third-order valence-electron chi connectivity index (χ3n) is 5.58. The maximum absolute atomic E-state index is 11.8.